The zero-order valence-corrected chi connectivity index (χ0v) is 26.2. The van der Waals surface area contributed by atoms with Crippen LogP contribution < -0.4 is 19.1 Å². The van der Waals surface area contributed by atoms with Crippen LogP contribution in [0.25, 0.3) is 0 Å². The first-order valence-corrected chi connectivity index (χ1v) is 16.3. The van der Waals surface area contributed by atoms with Gasteiger partial charge in [-0.25, -0.2) is 8.42 Å². The van der Waals surface area contributed by atoms with Crippen molar-refractivity contribution in [1.82, 2.24) is 10.2 Å². The Hall–Kier alpha value is -3.76. The molecule has 0 aliphatic carbocycles. The van der Waals surface area contributed by atoms with Gasteiger partial charge in [0.25, 0.3) is 0 Å². The Balaban J connectivity index is 1.75. The zero-order valence-electron chi connectivity index (χ0n) is 24.7. The minimum absolute atomic E-state index is 0.00621. The summed E-state index contributed by atoms with van der Waals surface area (Å²) < 4.78 is 39.1. The SMILES string of the molecule is CCS(=O)(=O)N(CC(=O)N(Cc1ccccc1Cl)[C@H](Cc1ccccc1)C(=O)NCC(C)C)c1ccc2c(c1)OCCO2. The van der Waals surface area contributed by atoms with Crippen LogP contribution in [0.15, 0.2) is 72.8 Å². The van der Waals surface area contributed by atoms with E-state index >= 15 is 0 Å². The highest BCUT2D eigenvalue weighted by molar-refractivity contribution is 7.92. The number of hydrogen-bond acceptors (Lipinski definition) is 6. The number of nitrogens with zero attached hydrogens (tertiary/aromatic N) is 2. The van der Waals surface area contributed by atoms with Crippen LogP contribution in [0.5, 0.6) is 11.5 Å². The lowest BCUT2D eigenvalue weighted by Gasteiger charge is -2.34. The third-order valence-electron chi connectivity index (χ3n) is 7.05. The van der Waals surface area contributed by atoms with Crippen molar-refractivity contribution in [3.8, 4) is 11.5 Å². The Morgan fingerprint density at radius 2 is 1.63 bits per heavy atom. The van der Waals surface area contributed by atoms with Gasteiger partial charge in [0.15, 0.2) is 11.5 Å². The predicted molar refractivity (Wildman–Crippen MR) is 168 cm³/mol. The van der Waals surface area contributed by atoms with E-state index in [1.807, 2.05) is 44.2 Å². The van der Waals surface area contributed by atoms with Crippen molar-refractivity contribution in [3.05, 3.63) is 88.9 Å². The molecule has 2 amide bonds. The number of amides is 2. The molecule has 1 N–H and O–H groups in total. The summed E-state index contributed by atoms with van der Waals surface area (Å²) in [6.07, 6.45) is 0.228. The fourth-order valence-electron chi connectivity index (χ4n) is 4.69. The molecule has 11 heteroatoms. The molecule has 43 heavy (non-hydrogen) atoms. The van der Waals surface area contributed by atoms with Gasteiger partial charge in [0.1, 0.15) is 25.8 Å². The van der Waals surface area contributed by atoms with Gasteiger partial charge in [-0.1, -0.05) is 74.0 Å². The van der Waals surface area contributed by atoms with E-state index in [9.17, 15) is 18.0 Å². The van der Waals surface area contributed by atoms with Gasteiger partial charge in [0.05, 0.1) is 11.4 Å². The first kappa shape index (κ1) is 32.2. The lowest BCUT2D eigenvalue weighted by atomic mass is 10.0. The van der Waals surface area contributed by atoms with E-state index in [1.54, 1.807) is 42.5 Å². The first-order valence-electron chi connectivity index (χ1n) is 14.3. The molecule has 3 aromatic carbocycles. The molecule has 9 nitrogen and oxygen atoms in total. The molecule has 3 aromatic rings. The molecule has 1 heterocycles. The Morgan fingerprint density at radius 1 is 0.953 bits per heavy atom. The van der Waals surface area contributed by atoms with E-state index in [0.29, 0.717) is 41.8 Å². The summed E-state index contributed by atoms with van der Waals surface area (Å²) in [6.45, 7) is 6.11. The molecule has 1 aliphatic rings. The van der Waals surface area contributed by atoms with Gasteiger partial charge in [0, 0.05) is 30.6 Å². The van der Waals surface area contributed by atoms with Crippen LogP contribution in [0.2, 0.25) is 5.02 Å². The van der Waals surface area contributed by atoms with Crippen molar-refractivity contribution in [2.24, 2.45) is 5.92 Å². The molecule has 0 saturated heterocycles. The quantitative estimate of drug-likeness (QED) is 0.295. The third kappa shape index (κ3) is 8.42. The van der Waals surface area contributed by atoms with E-state index in [-0.39, 0.29) is 36.2 Å². The zero-order chi connectivity index (χ0) is 31.0. The third-order valence-corrected chi connectivity index (χ3v) is 9.16. The summed E-state index contributed by atoms with van der Waals surface area (Å²) in [5, 5.41) is 3.41. The maximum atomic E-state index is 14.3. The molecule has 4 rings (SSSR count). The normalized spacial score (nSPS) is 13.3. The largest absolute Gasteiger partial charge is 0.486 e. The Labute approximate surface area is 258 Å². The van der Waals surface area contributed by atoms with E-state index in [2.05, 4.69) is 5.32 Å². The van der Waals surface area contributed by atoms with Crippen molar-refractivity contribution in [1.29, 1.82) is 0 Å². The van der Waals surface area contributed by atoms with Crippen LogP contribution in [0, 0.1) is 5.92 Å². The number of nitrogens with one attached hydrogen (secondary N) is 1. The molecule has 1 aliphatic heterocycles. The summed E-state index contributed by atoms with van der Waals surface area (Å²) >= 11 is 6.51. The van der Waals surface area contributed by atoms with Crippen molar-refractivity contribution in [3.63, 3.8) is 0 Å². The monoisotopic (exact) mass is 627 g/mol. The number of fused-ring (bicyclic) bond motifs is 1. The second-order valence-electron chi connectivity index (χ2n) is 10.7. The number of halogens is 1. The predicted octanol–water partition coefficient (Wildman–Crippen LogP) is 4.68. The number of anilines is 1. The molecule has 0 radical (unpaired) electrons. The summed E-state index contributed by atoms with van der Waals surface area (Å²) in [7, 11) is -3.91. The molecular formula is C32H38ClN3O6S. The van der Waals surface area contributed by atoms with Crippen molar-refractivity contribution >= 4 is 39.1 Å². The molecule has 0 bridgehead atoms. The molecule has 0 aromatic heterocycles. The number of ether oxygens (including phenoxy) is 2. The summed E-state index contributed by atoms with van der Waals surface area (Å²) in [6, 6.07) is 20.3. The lowest BCUT2D eigenvalue weighted by Crippen LogP contribution is -2.54. The van der Waals surface area contributed by atoms with Crippen LogP contribution in [0.4, 0.5) is 5.69 Å². The number of rotatable bonds is 13. The fourth-order valence-corrected chi connectivity index (χ4v) is 5.94. The summed E-state index contributed by atoms with van der Waals surface area (Å²) in [5.41, 5.74) is 1.76. The molecule has 0 unspecified atom stereocenters. The number of hydrogen-bond donors (Lipinski definition) is 1. The van der Waals surface area contributed by atoms with Gasteiger partial charge in [0.2, 0.25) is 21.8 Å². The summed E-state index contributed by atoms with van der Waals surface area (Å²) in [5.74, 6) is -0.0264. The van der Waals surface area contributed by atoms with E-state index in [0.717, 1.165) is 9.87 Å². The van der Waals surface area contributed by atoms with Gasteiger partial charge in [-0.2, -0.15) is 0 Å². The Bertz CT molecular complexity index is 1520. The number of sulfonamides is 1. The Kier molecular flexibility index (Phi) is 10.9. The molecule has 0 saturated carbocycles. The highest BCUT2D eigenvalue weighted by Gasteiger charge is 2.34. The number of carbonyl (C=O) groups is 2. The van der Waals surface area contributed by atoms with Crippen LogP contribution in [-0.2, 0) is 32.6 Å². The van der Waals surface area contributed by atoms with Gasteiger partial charge in [-0.3, -0.25) is 13.9 Å². The van der Waals surface area contributed by atoms with Crippen molar-refractivity contribution < 1.29 is 27.5 Å². The standard InChI is InChI=1S/C32H38ClN3O6S/c1-4-43(39,40)36(26-14-15-29-30(19-26)42-17-16-41-29)22-31(37)35(21-25-12-8-9-13-27(25)33)28(32(38)34-20-23(2)3)18-24-10-6-5-7-11-24/h5-15,19,23,28H,4,16-18,20-22H2,1-3H3,(H,34,38)/t28-/m1/s1. The molecule has 0 spiro atoms. The van der Waals surface area contributed by atoms with E-state index < -0.39 is 28.5 Å². The fraction of sp³-hybridized carbons (Fsp3) is 0.375. The average molecular weight is 628 g/mol. The first-order chi connectivity index (χ1) is 20.6. The van der Waals surface area contributed by atoms with Crippen molar-refractivity contribution in [2.45, 2.75) is 39.8 Å². The van der Waals surface area contributed by atoms with Crippen LogP contribution in [0.3, 0.4) is 0 Å². The summed E-state index contributed by atoms with van der Waals surface area (Å²) in [4.78, 5) is 29.5. The van der Waals surface area contributed by atoms with Crippen LogP contribution in [0.1, 0.15) is 31.9 Å². The van der Waals surface area contributed by atoms with Gasteiger partial charge >= 0.3 is 0 Å². The van der Waals surface area contributed by atoms with E-state index in [1.165, 1.54) is 11.8 Å². The van der Waals surface area contributed by atoms with Crippen molar-refractivity contribution in [2.75, 3.05) is 36.4 Å². The number of carbonyl (C=O) groups excluding carboxylic acids is 2. The van der Waals surface area contributed by atoms with Crippen LogP contribution >= 0.6 is 11.6 Å². The van der Waals surface area contributed by atoms with Gasteiger partial charge < -0.3 is 19.7 Å². The van der Waals surface area contributed by atoms with Gasteiger partial charge in [-0.05, 0) is 42.2 Å². The molecule has 230 valence electrons. The highest BCUT2D eigenvalue weighted by Crippen LogP contribution is 2.35. The molecule has 0 fully saturated rings. The smallest absolute Gasteiger partial charge is 0.244 e. The second-order valence-corrected chi connectivity index (χ2v) is 13.3. The van der Waals surface area contributed by atoms with Crippen LogP contribution in [-0.4, -0.2) is 63.2 Å². The minimum atomic E-state index is -3.91. The molecule has 1 atom stereocenters. The second kappa shape index (κ2) is 14.6. The molecular weight excluding hydrogens is 590 g/mol. The lowest BCUT2D eigenvalue weighted by molar-refractivity contribution is -0.140. The van der Waals surface area contributed by atoms with Gasteiger partial charge in [-0.15, -0.1) is 0 Å². The minimum Gasteiger partial charge on any atom is -0.486 e. The average Bonchev–Trinajstić information content (AvgIpc) is 3.01. The van der Waals surface area contributed by atoms with E-state index in [4.69, 9.17) is 21.1 Å². The maximum Gasteiger partial charge on any atom is 0.244 e. The maximum absolute atomic E-state index is 14.3. The number of benzene rings is 3. The Morgan fingerprint density at radius 3 is 2.30 bits per heavy atom. The highest BCUT2D eigenvalue weighted by atomic mass is 35.5. The topological polar surface area (TPSA) is 105 Å².